The van der Waals surface area contributed by atoms with E-state index in [2.05, 4.69) is 36.5 Å². The molecule has 2 rings (SSSR count). The number of nitrogens with one attached hydrogen (secondary N) is 1. The lowest BCUT2D eigenvalue weighted by Gasteiger charge is -2.30. The number of methoxy groups -OCH3 is 1. The molecule has 94 valence electrons. The molecule has 0 radical (unpaired) electrons. The highest BCUT2D eigenvalue weighted by Gasteiger charge is 2.23. The van der Waals surface area contributed by atoms with Gasteiger partial charge in [-0.15, -0.1) is 0 Å². The Morgan fingerprint density at radius 2 is 1.88 bits per heavy atom. The van der Waals surface area contributed by atoms with Gasteiger partial charge in [0.2, 0.25) is 0 Å². The smallest absolute Gasteiger partial charge is 0.118 e. The molecule has 1 atom stereocenters. The molecule has 1 aromatic rings. The molecule has 1 saturated heterocycles. The van der Waals surface area contributed by atoms with Crippen LogP contribution in [0.1, 0.15) is 37.7 Å². The maximum atomic E-state index is 5.22. The van der Waals surface area contributed by atoms with Crippen LogP contribution in [-0.4, -0.2) is 20.2 Å². The molecule has 1 aliphatic rings. The summed E-state index contributed by atoms with van der Waals surface area (Å²) in [5, 5.41) is 3.44. The molecule has 1 fully saturated rings. The second kappa shape index (κ2) is 6.06. The maximum Gasteiger partial charge on any atom is 0.118 e. The van der Waals surface area contributed by atoms with E-state index < -0.39 is 0 Å². The second-order valence-electron chi connectivity index (χ2n) is 4.88. The van der Waals surface area contributed by atoms with E-state index in [4.69, 9.17) is 4.74 Å². The van der Waals surface area contributed by atoms with Gasteiger partial charge in [0.25, 0.3) is 0 Å². The van der Waals surface area contributed by atoms with E-state index in [1.54, 1.807) is 7.11 Å². The summed E-state index contributed by atoms with van der Waals surface area (Å²) in [6, 6.07) is 8.63. The summed E-state index contributed by atoms with van der Waals surface area (Å²) < 4.78 is 5.22. The Hall–Kier alpha value is -1.02. The van der Waals surface area contributed by atoms with Crippen molar-refractivity contribution in [2.45, 2.75) is 32.1 Å². The fourth-order valence-electron chi connectivity index (χ4n) is 2.94. The predicted octanol–water partition coefficient (Wildman–Crippen LogP) is 3.19. The molecule has 1 aliphatic heterocycles. The minimum Gasteiger partial charge on any atom is -0.497 e. The van der Waals surface area contributed by atoms with Crippen molar-refractivity contribution in [1.82, 2.24) is 5.32 Å². The topological polar surface area (TPSA) is 21.3 Å². The van der Waals surface area contributed by atoms with Crippen molar-refractivity contribution >= 4 is 0 Å². The Labute approximate surface area is 104 Å². The van der Waals surface area contributed by atoms with Gasteiger partial charge in [-0.25, -0.2) is 0 Å². The van der Waals surface area contributed by atoms with E-state index in [1.165, 1.54) is 37.9 Å². The van der Waals surface area contributed by atoms with E-state index >= 15 is 0 Å². The largest absolute Gasteiger partial charge is 0.497 e. The van der Waals surface area contributed by atoms with Gasteiger partial charge in [0.15, 0.2) is 0 Å². The maximum absolute atomic E-state index is 5.22. The Morgan fingerprint density at radius 3 is 2.41 bits per heavy atom. The van der Waals surface area contributed by atoms with Crippen LogP contribution in [0.3, 0.4) is 0 Å². The molecule has 1 unspecified atom stereocenters. The van der Waals surface area contributed by atoms with Gasteiger partial charge in [0, 0.05) is 0 Å². The van der Waals surface area contributed by atoms with Gasteiger partial charge < -0.3 is 10.1 Å². The van der Waals surface area contributed by atoms with Crippen LogP contribution in [0.15, 0.2) is 24.3 Å². The van der Waals surface area contributed by atoms with Crippen LogP contribution in [-0.2, 0) is 0 Å². The predicted molar refractivity (Wildman–Crippen MR) is 71.6 cm³/mol. The summed E-state index contributed by atoms with van der Waals surface area (Å²) in [6.07, 6.45) is 3.85. The lowest BCUT2D eigenvalue weighted by Crippen LogP contribution is -2.30. The van der Waals surface area contributed by atoms with Gasteiger partial charge in [-0.3, -0.25) is 0 Å². The summed E-state index contributed by atoms with van der Waals surface area (Å²) in [5.74, 6) is 2.51. The molecule has 0 aromatic heterocycles. The Balaban J connectivity index is 2.10. The third-order valence-electron chi connectivity index (χ3n) is 3.94. The van der Waals surface area contributed by atoms with Crippen LogP contribution in [0.2, 0.25) is 0 Å². The summed E-state index contributed by atoms with van der Waals surface area (Å²) in [6.45, 7) is 4.66. The number of hydrogen-bond donors (Lipinski definition) is 1. The zero-order chi connectivity index (χ0) is 12.1. The van der Waals surface area contributed by atoms with Crippen LogP contribution >= 0.6 is 0 Å². The summed E-state index contributed by atoms with van der Waals surface area (Å²) in [7, 11) is 1.72. The molecule has 0 spiro atoms. The molecule has 17 heavy (non-hydrogen) atoms. The van der Waals surface area contributed by atoms with Crippen LogP contribution < -0.4 is 10.1 Å². The van der Waals surface area contributed by atoms with Crippen LogP contribution in [0.25, 0.3) is 0 Å². The van der Waals surface area contributed by atoms with Crippen LogP contribution in [0.5, 0.6) is 5.75 Å². The summed E-state index contributed by atoms with van der Waals surface area (Å²) in [4.78, 5) is 0. The molecule has 1 N–H and O–H groups in total. The highest BCUT2D eigenvalue weighted by atomic mass is 16.5. The van der Waals surface area contributed by atoms with Crippen molar-refractivity contribution in [1.29, 1.82) is 0 Å². The average molecular weight is 233 g/mol. The van der Waals surface area contributed by atoms with Crippen LogP contribution in [0, 0.1) is 5.92 Å². The quantitative estimate of drug-likeness (QED) is 0.862. The highest BCUT2D eigenvalue weighted by Crippen LogP contribution is 2.34. The van der Waals surface area contributed by atoms with Crippen molar-refractivity contribution in [2.75, 3.05) is 20.2 Å². The molecule has 2 nitrogen and oxygen atoms in total. The lowest BCUT2D eigenvalue weighted by atomic mass is 9.79. The number of piperidine rings is 1. The van der Waals surface area contributed by atoms with Crippen LogP contribution in [0.4, 0.5) is 0 Å². The molecule has 0 aliphatic carbocycles. The Kier molecular flexibility index (Phi) is 4.43. The molecule has 1 heterocycles. The molecule has 1 aromatic carbocycles. The molecule has 0 amide bonds. The molecule has 0 bridgehead atoms. The van der Waals surface area contributed by atoms with Crippen molar-refractivity contribution in [3.8, 4) is 5.75 Å². The molecule has 0 saturated carbocycles. The normalized spacial score (nSPS) is 18.9. The van der Waals surface area contributed by atoms with Crippen molar-refractivity contribution in [3.05, 3.63) is 29.8 Å². The van der Waals surface area contributed by atoms with Gasteiger partial charge in [0.1, 0.15) is 5.75 Å². The van der Waals surface area contributed by atoms with Gasteiger partial charge in [-0.05, 0) is 61.9 Å². The van der Waals surface area contributed by atoms with Crippen molar-refractivity contribution in [3.63, 3.8) is 0 Å². The minimum atomic E-state index is 0.711. The van der Waals surface area contributed by atoms with Crippen molar-refractivity contribution < 1.29 is 4.74 Å². The first kappa shape index (κ1) is 12.4. The monoisotopic (exact) mass is 233 g/mol. The fourth-order valence-corrected chi connectivity index (χ4v) is 2.94. The first-order valence-electron chi connectivity index (χ1n) is 6.69. The Morgan fingerprint density at radius 1 is 1.24 bits per heavy atom. The standard InChI is InChI=1S/C15H23NO/c1-3-15(13-8-10-16-11-9-13)12-4-6-14(17-2)7-5-12/h4-7,13,15-16H,3,8-11H2,1-2H3. The lowest BCUT2D eigenvalue weighted by molar-refractivity contribution is 0.312. The van der Waals surface area contributed by atoms with E-state index in [1.807, 2.05) is 0 Å². The SMILES string of the molecule is CCC(c1ccc(OC)cc1)C1CCNCC1. The molecular formula is C15H23NO. The van der Waals surface area contributed by atoms with E-state index in [9.17, 15) is 0 Å². The van der Waals surface area contributed by atoms with Gasteiger partial charge in [-0.1, -0.05) is 19.1 Å². The van der Waals surface area contributed by atoms with Crippen molar-refractivity contribution in [2.24, 2.45) is 5.92 Å². The van der Waals surface area contributed by atoms with Gasteiger partial charge in [0.05, 0.1) is 7.11 Å². The second-order valence-corrected chi connectivity index (χ2v) is 4.88. The van der Waals surface area contributed by atoms with Gasteiger partial charge in [-0.2, -0.15) is 0 Å². The first-order valence-corrected chi connectivity index (χ1v) is 6.69. The third-order valence-corrected chi connectivity index (χ3v) is 3.94. The van der Waals surface area contributed by atoms with E-state index in [-0.39, 0.29) is 0 Å². The molecular weight excluding hydrogens is 210 g/mol. The number of hydrogen-bond acceptors (Lipinski definition) is 2. The number of rotatable bonds is 4. The fraction of sp³-hybridized carbons (Fsp3) is 0.600. The zero-order valence-electron chi connectivity index (χ0n) is 10.9. The number of ether oxygens (including phenoxy) is 1. The van der Waals surface area contributed by atoms with E-state index in [0.29, 0.717) is 5.92 Å². The third kappa shape index (κ3) is 3.01. The van der Waals surface area contributed by atoms with Gasteiger partial charge >= 0.3 is 0 Å². The average Bonchev–Trinajstić information content (AvgIpc) is 2.42. The first-order chi connectivity index (χ1) is 8.35. The Bertz CT molecular complexity index is 327. The summed E-state index contributed by atoms with van der Waals surface area (Å²) >= 11 is 0. The van der Waals surface area contributed by atoms with E-state index in [0.717, 1.165) is 11.7 Å². The highest BCUT2D eigenvalue weighted by molar-refractivity contribution is 5.29. The minimum absolute atomic E-state index is 0.711. The number of benzene rings is 1. The molecule has 2 heteroatoms. The zero-order valence-corrected chi connectivity index (χ0v) is 10.9. The summed E-state index contributed by atoms with van der Waals surface area (Å²) in [5.41, 5.74) is 1.47.